The highest BCUT2D eigenvalue weighted by atomic mass is 16.3. The Morgan fingerprint density at radius 1 is 0.409 bits per heavy atom. The van der Waals surface area contributed by atoms with Gasteiger partial charge in [-0.25, -0.2) is 0 Å². The van der Waals surface area contributed by atoms with Crippen LogP contribution in [-0.4, -0.2) is 18.8 Å². The Kier molecular flexibility index (Phi) is 5.40. The van der Waals surface area contributed by atoms with Crippen molar-refractivity contribution in [2.45, 2.75) is 0 Å². The van der Waals surface area contributed by atoms with E-state index in [1.165, 1.54) is 10.8 Å². The van der Waals surface area contributed by atoms with Crippen LogP contribution in [0.3, 0.4) is 0 Å². The van der Waals surface area contributed by atoms with Crippen LogP contribution in [0, 0.1) is 0 Å². The molecule has 0 unspecified atom stereocenters. The quantitative estimate of drug-likeness (QED) is 0.207. The van der Waals surface area contributed by atoms with Gasteiger partial charge in [0.15, 0.2) is 0 Å². The fourth-order valence-electron chi connectivity index (χ4n) is 6.10. The standard InChI is InChI=1S/C38H24N4O2/c1-2-7-28(8-3-1)33-35(41-20-22-43-37(41)39-33)29-15-10-26(11-16-29)27-12-17-30(18-13-27)36-34(40-38-42(36)21-23-44-38)32-19-14-25-6-4-5-9-31(25)24-32/h1-24H. The molecule has 0 bridgehead atoms. The molecule has 6 nitrogen and oxygen atoms in total. The van der Waals surface area contributed by atoms with Gasteiger partial charge >= 0.3 is 11.7 Å². The number of oxazole rings is 2. The molecule has 0 saturated carbocycles. The molecule has 208 valence electrons. The van der Waals surface area contributed by atoms with Crippen molar-refractivity contribution in [3.8, 4) is 56.2 Å². The molecule has 0 N–H and O–H groups in total. The Morgan fingerprint density at radius 2 is 0.886 bits per heavy atom. The van der Waals surface area contributed by atoms with Gasteiger partial charge < -0.3 is 8.83 Å². The van der Waals surface area contributed by atoms with E-state index < -0.39 is 0 Å². The van der Waals surface area contributed by atoms with Crippen molar-refractivity contribution in [2.75, 3.05) is 0 Å². The summed E-state index contributed by atoms with van der Waals surface area (Å²) >= 11 is 0. The second kappa shape index (κ2) is 9.71. The minimum atomic E-state index is 0.573. The molecule has 0 saturated heterocycles. The highest BCUT2D eigenvalue weighted by molar-refractivity contribution is 5.90. The molecule has 0 aliphatic heterocycles. The molecule has 9 aromatic rings. The number of hydrogen-bond acceptors (Lipinski definition) is 4. The Bertz CT molecular complexity index is 2430. The topological polar surface area (TPSA) is 60.9 Å². The van der Waals surface area contributed by atoms with Crippen LogP contribution in [0.1, 0.15) is 0 Å². The molecular weight excluding hydrogens is 544 g/mol. The molecule has 44 heavy (non-hydrogen) atoms. The third-order valence-electron chi connectivity index (χ3n) is 8.24. The molecule has 0 fully saturated rings. The van der Waals surface area contributed by atoms with E-state index in [4.69, 9.17) is 18.8 Å². The number of imidazole rings is 2. The molecular formula is C38H24N4O2. The van der Waals surface area contributed by atoms with Gasteiger partial charge in [-0.15, -0.1) is 0 Å². The lowest BCUT2D eigenvalue weighted by Gasteiger charge is -2.09. The number of fused-ring (bicyclic) bond motifs is 3. The predicted octanol–water partition coefficient (Wildman–Crippen LogP) is 9.66. The lowest BCUT2D eigenvalue weighted by Crippen LogP contribution is -1.89. The van der Waals surface area contributed by atoms with Gasteiger partial charge in [0.25, 0.3) is 0 Å². The zero-order valence-electron chi connectivity index (χ0n) is 23.5. The summed E-state index contributed by atoms with van der Waals surface area (Å²) in [5.74, 6) is 1.15. The van der Waals surface area contributed by atoms with Crippen molar-refractivity contribution in [3.05, 3.63) is 146 Å². The van der Waals surface area contributed by atoms with Crippen molar-refractivity contribution in [2.24, 2.45) is 0 Å². The summed E-state index contributed by atoms with van der Waals surface area (Å²) in [5.41, 5.74) is 10.3. The first-order valence-electron chi connectivity index (χ1n) is 14.5. The van der Waals surface area contributed by atoms with Gasteiger partial charge in [-0.2, -0.15) is 9.97 Å². The third kappa shape index (κ3) is 3.89. The molecule has 9 rings (SSSR count). The monoisotopic (exact) mass is 568 g/mol. The van der Waals surface area contributed by atoms with E-state index in [-0.39, 0.29) is 0 Å². The highest BCUT2D eigenvalue weighted by Gasteiger charge is 2.19. The summed E-state index contributed by atoms with van der Waals surface area (Å²) in [6.45, 7) is 0. The van der Waals surface area contributed by atoms with Crippen LogP contribution >= 0.6 is 0 Å². The van der Waals surface area contributed by atoms with Crippen LogP contribution < -0.4 is 0 Å². The number of aromatic nitrogens is 4. The predicted molar refractivity (Wildman–Crippen MR) is 173 cm³/mol. The minimum Gasteiger partial charge on any atom is -0.432 e. The summed E-state index contributed by atoms with van der Waals surface area (Å²) in [4.78, 5) is 9.65. The molecule has 0 spiro atoms. The lowest BCUT2D eigenvalue weighted by molar-refractivity contribution is 0.596. The van der Waals surface area contributed by atoms with Gasteiger partial charge in [-0.1, -0.05) is 115 Å². The number of rotatable bonds is 5. The van der Waals surface area contributed by atoms with E-state index in [0.29, 0.717) is 11.7 Å². The van der Waals surface area contributed by atoms with Gasteiger partial charge in [0.05, 0.1) is 11.4 Å². The van der Waals surface area contributed by atoms with Crippen molar-refractivity contribution >= 4 is 22.5 Å². The normalized spacial score (nSPS) is 11.6. The zero-order valence-corrected chi connectivity index (χ0v) is 23.5. The van der Waals surface area contributed by atoms with Crippen molar-refractivity contribution in [3.63, 3.8) is 0 Å². The molecule has 5 aromatic carbocycles. The maximum absolute atomic E-state index is 5.70. The average molecular weight is 569 g/mol. The number of benzene rings is 5. The second-order valence-electron chi connectivity index (χ2n) is 10.8. The van der Waals surface area contributed by atoms with Crippen LogP contribution in [0.15, 0.2) is 155 Å². The Labute approximate surface area is 252 Å². The van der Waals surface area contributed by atoms with Crippen molar-refractivity contribution in [1.82, 2.24) is 18.8 Å². The maximum Gasteiger partial charge on any atom is 0.306 e. The Morgan fingerprint density at radius 3 is 1.48 bits per heavy atom. The number of hydrogen-bond donors (Lipinski definition) is 0. The van der Waals surface area contributed by atoms with Gasteiger partial charge in [0, 0.05) is 34.6 Å². The van der Waals surface area contributed by atoms with Crippen molar-refractivity contribution < 1.29 is 8.83 Å². The molecule has 0 atom stereocenters. The van der Waals surface area contributed by atoms with E-state index in [0.717, 1.165) is 56.2 Å². The molecule has 0 radical (unpaired) electrons. The SMILES string of the molecule is c1ccc(-c2nc3occn3c2-c2ccc(-c3ccc(-c4c(-c5ccc6ccccc6c5)nc5occn45)cc3)cc2)cc1. The zero-order chi connectivity index (χ0) is 29.0. The number of nitrogens with zero attached hydrogens (tertiary/aromatic N) is 4. The van der Waals surface area contributed by atoms with Crippen molar-refractivity contribution in [1.29, 1.82) is 0 Å². The first kappa shape index (κ1) is 24.5. The van der Waals surface area contributed by atoms with E-state index in [1.54, 1.807) is 12.5 Å². The molecule has 6 heteroatoms. The third-order valence-corrected chi connectivity index (χ3v) is 8.24. The molecule has 0 aliphatic rings. The highest BCUT2D eigenvalue weighted by Crippen LogP contribution is 2.37. The summed E-state index contributed by atoms with van der Waals surface area (Å²) in [6, 6.07) is 42.3. The van der Waals surface area contributed by atoms with E-state index in [9.17, 15) is 0 Å². The fraction of sp³-hybridized carbons (Fsp3) is 0. The molecule has 0 aliphatic carbocycles. The minimum absolute atomic E-state index is 0.573. The Balaban J connectivity index is 1.08. The average Bonchev–Trinajstić information content (AvgIpc) is 3.87. The largest absolute Gasteiger partial charge is 0.432 e. The van der Waals surface area contributed by atoms with Gasteiger partial charge in [0.2, 0.25) is 0 Å². The smallest absolute Gasteiger partial charge is 0.306 e. The van der Waals surface area contributed by atoms with Crippen LogP contribution in [0.25, 0.3) is 78.6 Å². The summed E-state index contributed by atoms with van der Waals surface area (Å²) in [6.07, 6.45) is 7.18. The maximum atomic E-state index is 5.70. The van der Waals surface area contributed by atoms with Gasteiger partial charge in [-0.05, 0) is 28.0 Å². The van der Waals surface area contributed by atoms with Gasteiger partial charge in [0.1, 0.15) is 23.9 Å². The molecule has 4 aromatic heterocycles. The van der Waals surface area contributed by atoms with Crippen LogP contribution in [-0.2, 0) is 0 Å². The second-order valence-corrected chi connectivity index (χ2v) is 10.8. The first-order chi connectivity index (χ1) is 21.8. The lowest BCUT2D eigenvalue weighted by atomic mass is 9.98. The van der Waals surface area contributed by atoms with E-state index >= 15 is 0 Å². The first-order valence-corrected chi connectivity index (χ1v) is 14.5. The van der Waals surface area contributed by atoms with E-state index in [1.807, 2.05) is 39.4 Å². The summed E-state index contributed by atoms with van der Waals surface area (Å²) < 4.78 is 15.4. The fourth-order valence-corrected chi connectivity index (χ4v) is 6.10. The Hall–Kier alpha value is -6.14. The van der Waals surface area contributed by atoms with Crippen LogP contribution in [0.2, 0.25) is 0 Å². The molecule has 0 amide bonds. The summed E-state index contributed by atoms with van der Waals surface area (Å²) in [7, 11) is 0. The van der Waals surface area contributed by atoms with E-state index in [2.05, 4.69) is 103 Å². The van der Waals surface area contributed by atoms with Crippen LogP contribution in [0.4, 0.5) is 0 Å². The van der Waals surface area contributed by atoms with Gasteiger partial charge in [-0.3, -0.25) is 8.80 Å². The summed E-state index contributed by atoms with van der Waals surface area (Å²) in [5, 5.41) is 2.38. The molecule has 4 heterocycles. The van der Waals surface area contributed by atoms with Crippen LogP contribution in [0.5, 0.6) is 0 Å².